The molecule has 0 aliphatic rings. The number of nitrogens with zero attached hydrogens (tertiary/aromatic N) is 2. The molecule has 0 atom stereocenters. The largest absolute Gasteiger partial charge is 0.573 e. The molecule has 0 aliphatic heterocycles. The Morgan fingerprint density at radius 3 is 2.35 bits per heavy atom. The molecule has 10 heteroatoms. The van der Waals surface area contributed by atoms with Crippen molar-refractivity contribution < 1.29 is 27.5 Å². The van der Waals surface area contributed by atoms with Crippen LogP contribution in [0.5, 0.6) is 5.75 Å². The summed E-state index contributed by atoms with van der Waals surface area (Å²) in [6, 6.07) is 12.5. The zero-order valence-corrected chi connectivity index (χ0v) is 17.4. The van der Waals surface area contributed by atoms with Crippen LogP contribution >= 0.6 is 11.3 Å². The number of halogens is 3. The molecule has 2 aromatic carbocycles. The van der Waals surface area contributed by atoms with Gasteiger partial charge < -0.3 is 15.0 Å². The number of benzene rings is 2. The highest BCUT2D eigenvalue weighted by Crippen LogP contribution is 2.25. The molecule has 0 fully saturated rings. The number of anilines is 1. The van der Waals surface area contributed by atoms with Crippen LogP contribution in [0.15, 0.2) is 53.9 Å². The average Bonchev–Trinajstić information content (AvgIpc) is 3.18. The van der Waals surface area contributed by atoms with Crippen LogP contribution in [0.2, 0.25) is 0 Å². The van der Waals surface area contributed by atoms with Crippen molar-refractivity contribution in [3.8, 4) is 16.3 Å². The van der Waals surface area contributed by atoms with Gasteiger partial charge in [0.05, 0.1) is 6.54 Å². The quantitative estimate of drug-likeness (QED) is 0.591. The van der Waals surface area contributed by atoms with Gasteiger partial charge in [-0.05, 0) is 31.2 Å². The molecule has 3 rings (SSSR count). The number of nitrogens with one attached hydrogen (secondary N) is 1. The van der Waals surface area contributed by atoms with Crippen molar-refractivity contribution in [2.24, 2.45) is 0 Å². The van der Waals surface area contributed by atoms with Gasteiger partial charge in [0, 0.05) is 23.7 Å². The molecule has 1 heterocycles. The number of thiazole rings is 1. The van der Waals surface area contributed by atoms with Gasteiger partial charge in [0.15, 0.2) is 0 Å². The van der Waals surface area contributed by atoms with Gasteiger partial charge in [-0.1, -0.05) is 29.8 Å². The normalized spacial score (nSPS) is 11.1. The minimum atomic E-state index is -4.79. The van der Waals surface area contributed by atoms with Crippen molar-refractivity contribution >= 4 is 28.8 Å². The number of rotatable bonds is 6. The van der Waals surface area contributed by atoms with E-state index in [1.165, 1.54) is 35.4 Å². The number of aromatic nitrogens is 1. The Labute approximate surface area is 180 Å². The summed E-state index contributed by atoms with van der Waals surface area (Å²) < 4.78 is 40.3. The van der Waals surface area contributed by atoms with Gasteiger partial charge in [-0.3, -0.25) is 9.59 Å². The van der Waals surface area contributed by atoms with E-state index in [9.17, 15) is 22.8 Å². The second-order valence-electron chi connectivity index (χ2n) is 6.69. The zero-order valence-electron chi connectivity index (χ0n) is 16.6. The predicted octanol–water partition coefficient (Wildman–Crippen LogP) is 4.73. The SMILES string of the molecule is Cc1ccc(-c2nc(C(=O)N(C)CC(=O)Nc3ccc(OC(F)(F)F)cc3)cs2)cc1. The molecule has 0 saturated carbocycles. The zero-order chi connectivity index (χ0) is 22.6. The molecule has 0 spiro atoms. The van der Waals surface area contributed by atoms with Gasteiger partial charge in [-0.25, -0.2) is 4.98 Å². The van der Waals surface area contributed by atoms with Crippen LogP contribution in [0.25, 0.3) is 10.6 Å². The van der Waals surface area contributed by atoms with Gasteiger partial charge in [0.1, 0.15) is 16.5 Å². The number of amides is 2. The highest BCUT2D eigenvalue weighted by Gasteiger charge is 2.31. The van der Waals surface area contributed by atoms with E-state index in [1.54, 1.807) is 5.38 Å². The van der Waals surface area contributed by atoms with Crippen LogP contribution in [0, 0.1) is 6.92 Å². The smallest absolute Gasteiger partial charge is 0.406 e. The van der Waals surface area contributed by atoms with Crippen LogP contribution in [0.4, 0.5) is 18.9 Å². The molecule has 0 radical (unpaired) electrons. The molecule has 2 amide bonds. The fourth-order valence-corrected chi connectivity index (χ4v) is 3.42. The fraction of sp³-hybridized carbons (Fsp3) is 0.190. The lowest BCUT2D eigenvalue weighted by molar-refractivity contribution is -0.274. The summed E-state index contributed by atoms with van der Waals surface area (Å²) in [6.07, 6.45) is -4.79. The van der Waals surface area contributed by atoms with E-state index in [4.69, 9.17) is 0 Å². The van der Waals surface area contributed by atoms with E-state index in [0.717, 1.165) is 23.3 Å². The molecule has 162 valence electrons. The summed E-state index contributed by atoms with van der Waals surface area (Å²) in [5.41, 5.74) is 2.51. The van der Waals surface area contributed by atoms with Crippen LogP contribution in [0.1, 0.15) is 16.1 Å². The Kier molecular flexibility index (Phi) is 6.59. The number of alkyl halides is 3. The molecule has 6 nitrogen and oxygen atoms in total. The van der Waals surface area contributed by atoms with Crippen LogP contribution in [0.3, 0.4) is 0 Å². The lowest BCUT2D eigenvalue weighted by Gasteiger charge is -2.16. The van der Waals surface area contributed by atoms with Crippen LogP contribution < -0.4 is 10.1 Å². The number of likely N-dealkylation sites (N-methyl/N-ethyl adjacent to an activating group) is 1. The van der Waals surface area contributed by atoms with E-state index >= 15 is 0 Å². The molecule has 0 unspecified atom stereocenters. The van der Waals surface area contributed by atoms with Gasteiger partial charge in [-0.2, -0.15) is 0 Å². The number of hydrogen-bond acceptors (Lipinski definition) is 5. The summed E-state index contributed by atoms with van der Waals surface area (Å²) in [7, 11) is 1.47. The minimum Gasteiger partial charge on any atom is -0.406 e. The second kappa shape index (κ2) is 9.17. The number of carbonyl (C=O) groups is 2. The molecule has 1 N–H and O–H groups in total. The molecule has 3 aromatic rings. The molecule has 0 saturated heterocycles. The Morgan fingerprint density at radius 2 is 1.74 bits per heavy atom. The Morgan fingerprint density at radius 1 is 1.10 bits per heavy atom. The Hall–Kier alpha value is -3.40. The van der Waals surface area contributed by atoms with Crippen molar-refractivity contribution in [1.82, 2.24) is 9.88 Å². The van der Waals surface area contributed by atoms with E-state index in [0.29, 0.717) is 5.01 Å². The Balaban J connectivity index is 1.57. The van der Waals surface area contributed by atoms with Gasteiger partial charge in [-0.15, -0.1) is 24.5 Å². The van der Waals surface area contributed by atoms with Crippen molar-refractivity contribution in [2.75, 3.05) is 18.9 Å². The first-order valence-corrected chi connectivity index (χ1v) is 9.92. The maximum absolute atomic E-state index is 12.6. The topological polar surface area (TPSA) is 71.5 Å². The van der Waals surface area contributed by atoms with Gasteiger partial charge in [0.25, 0.3) is 5.91 Å². The third-order valence-electron chi connectivity index (χ3n) is 4.12. The summed E-state index contributed by atoms with van der Waals surface area (Å²) >= 11 is 1.33. The molecular formula is C21H18F3N3O3S. The van der Waals surface area contributed by atoms with Crippen LogP contribution in [-0.4, -0.2) is 41.7 Å². The highest BCUT2D eigenvalue weighted by molar-refractivity contribution is 7.13. The summed E-state index contributed by atoms with van der Waals surface area (Å²) in [6.45, 7) is 1.72. The minimum absolute atomic E-state index is 0.226. The van der Waals surface area contributed by atoms with Gasteiger partial charge >= 0.3 is 6.36 Å². The highest BCUT2D eigenvalue weighted by atomic mass is 32.1. The summed E-state index contributed by atoms with van der Waals surface area (Å²) in [4.78, 5) is 30.3. The monoisotopic (exact) mass is 449 g/mol. The van der Waals surface area contributed by atoms with Gasteiger partial charge in [0.2, 0.25) is 5.91 Å². The third-order valence-corrected chi connectivity index (χ3v) is 5.01. The van der Waals surface area contributed by atoms with Crippen molar-refractivity contribution in [3.05, 3.63) is 65.2 Å². The fourth-order valence-electron chi connectivity index (χ4n) is 2.62. The Bertz CT molecular complexity index is 1060. The van der Waals surface area contributed by atoms with E-state index in [1.807, 2.05) is 31.2 Å². The average molecular weight is 449 g/mol. The lowest BCUT2D eigenvalue weighted by atomic mass is 10.2. The molecule has 31 heavy (non-hydrogen) atoms. The summed E-state index contributed by atoms with van der Waals surface area (Å²) in [5.74, 6) is -1.32. The van der Waals surface area contributed by atoms with E-state index in [2.05, 4.69) is 15.0 Å². The molecule has 0 aliphatic carbocycles. The number of ether oxygens (including phenoxy) is 1. The first-order chi connectivity index (χ1) is 14.6. The van der Waals surface area contributed by atoms with Crippen LogP contribution in [-0.2, 0) is 4.79 Å². The molecular weight excluding hydrogens is 431 g/mol. The maximum Gasteiger partial charge on any atom is 0.573 e. The number of hydrogen-bond donors (Lipinski definition) is 1. The maximum atomic E-state index is 12.6. The number of carbonyl (C=O) groups excluding carboxylic acids is 2. The lowest BCUT2D eigenvalue weighted by Crippen LogP contribution is -2.35. The van der Waals surface area contributed by atoms with E-state index in [-0.39, 0.29) is 17.9 Å². The predicted molar refractivity (Wildman–Crippen MR) is 111 cm³/mol. The standard InChI is InChI=1S/C21H18F3N3O3S/c1-13-3-5-14(6-4-13)19-26-17(12-31-19)20(29)27(2)11-18(28)25-15-7-9-16(10-8-15)30-21(22,23)24/h3-10,12H,11H2,1-2H3,(H,25,28). The van der Waals surface area contributed by atoms with Crippen molar-refractivity contribution in [3.63, 3.8) is 0 Å². The third kappa shape index (κ3) is 6.29. The van der Waals surface area contributed by atoms with Crippen molar-refractivity contribution in [1.29, 1.82) is 0 Å². The first-order valence-electron chi connectivity index (χ1n) is 9.04. The van der Waals surface area contributed by atoms with E-state index < -0.39 is 23.9 Å². The molecule has 0 bridgehead atoms. The molecule has 1 aromatic heterocycles. The van der Waals surface area contributed by atoms with Crippen molar-refractivity contribution in [2.45, 2.75) is 13.3 Å². The first kappa shape index (κ1) is 22.3. The summed E-state index contributed by atoms with van der Waals surface area (Å²) in [5, 5.41) is 4.85. The second-order valence-corrected chi connectivity index (χ2v) is 7.54. The number of aryl methyl sites for hydroxylation is 1.